The molecule has 0 bridgehead atoms. The van der Waals surface area contributed by atoms with Gasteiger partial charge in [-0.1, -0.05) is 78.9 Å². The molecule has 32 heavy (non-hydrogen) atoms. The first-order valence-corrected chi connectivity index (χ1v) is 10.8. The van der Waals surface area contributed by atoms with E-state index in [2.05, 4.69) is 91.0 Å². The normalized spacial score (nSPS) is 11.8. The van der Waals surface area contributed by atoms with E-state index in [9.17, 15) is 0 Å². The van der Waals surface area contributed by atoms with Crippen LogP contribution in [-0.4, -0.2) is 0 Å². The van der Waals surface area contributed by atoms with Crippen molar-refractivity contribution in [2.45, 2.75) is 0 Å². The maximum atomic E-state index is 6.27. The topological polar surface area (TPSA) is 26.3 Å². The van der Waals surface area contributed by atoms with E-state index in [1.807, 2.05) is 18.2 Å². The molecular formula is C30H18O2. The first-order valence-electron chi connectivity index (χ1n) is 10.8. The van der Waals surface area contributed by atoms with Gasteiger partial charge in [0, 0.05) is 27.1 Å². The zero-order valence-electron chi connectivity index (χ0n) is 17.2. The van der Waals surface area contributed by atoms with Crippen LogP contribution in [0.4, 0.5) is 0 Å². The molecule has 7 aromatic rings. The van der Waals surface area contributed by atoms with E-state index in [1.165, 1.54) is 11.1 Å². The lowest BCUT2D eigenvalue weighted by Crippen LogP contribution is -1.79. The zero-order chi connectivity index (χ0) is 21.1. The second-order valence-electron chi connectivity index (χ2n) is 8.17. The molecule has 0 saturated carbocycles. The van der Waals surface area contributed by atoms with Crippen LogP contribution in [0.5, 0.6) is 0 Å². The van der Waals surface area contributed by atoms with Crippen molar-refractivity contribution in [3.05, 3.63) is 109 Å². The molecule has 0 amide bonds. The summed E-state index contributed by atoms with van der Waals surface area (Å²) in [6.07, 6.45) is 0. The van der Waals surface area contributed by atoms with Crippen LogP contribution in [0.2, 0.25) is 0 Å². The summed E-state index contributed by atoms with van der Waals surface area (Å²) in [6.45, 7) is 0. The van der Waals surface area contributed by atoms with Gasteiger partial charge < -0.3 is 8.83 Å². The Labute approximate surface area is 184 Å². The Balaban J connectivity index is 1.47. The SMILES string of the molecule is c1ccc(-c2ccc3oc4ccc(-c5cccc6c5oc5ccccc56)cc4c3c2)cc1. The molecule has 0 aliphatic heterocycles. The lowest BCUT2D eigenvalue weighted by atomic mass is 9.99. The van der Waals surface area contributed by atoms with E-state index in [0.717, 1.165) is 55.0 Å². The molecule has 0 atom stereocenters. The second-order valence-corrected chi connectivity index (χ2v) is 8.17. The average molecular weight is 410 g/mol. The molecule has 150 valence electrons. The van der Waals surface area contributed by atoms with Crippen molar-refractivity contribution in [1.29, 1.82) is 0 Å². The molecule has 0 saturated heterocycles. The zero-order valence-corrected chi connectivity index (χ0v) is 17.2. The molecule has 2 heteroatoms. The van der Waals surface area contributed by atoms with Crippen LogP contribution < -0.4 is 0 Å². The molecule has 2 nitrogen and oxygen atoms in total. The minimum absolute atomic E-state index is 0.894. The summed E-state index contributed by atoms with van der Waals surface area (Å²) >= 11 is 0. The fourth-order valence-corrected chi connectivity index (χ4v) is 4.73. The van der Waals surface area contributed by atoms with Crippen LogP contribution in [-0.2, 0) is 0 Å². The first-order chi connectivity index (χ1) is 15.8. The van der Waals surface area contributed by atoms with Crippen LogP contribution in [0.25, 0.3) is 66.1 Å². The molecule has 7 rings (SSSR count). The van der Waals surface area contributed by atoms with Crippen LogP contribution >= 0.6 is 0 Å². The minimum Gasteiger partial charge on any atom is -0.456 e. The molecule has 0 fully saturated rings. The molecular weight excluding hydrogens is 392 g/mol. The van der Waals surface area contributed by atoms with E-state index >= 15 is 0 Å². The Morgan fingerprint density at radius 3 is 1.88 bits per heavy atom. The summed E-state index contributed by atoms with van der Waals surface area (Å²) in [5, 5.41) is 4.52. The number of benzene rings is 5. The molecule has 0 aliphatic carbocycles. The van der Waals surface area contributed by atoms with Gasteiger partial charge in [0.05, 0.1) is 0 Å². The maximum absolute atomic E-state index is 6.27. The van der Waals surface area contributed by atoms with E-state index in [4.69, 9.17) is 8.83 Å². The predicted octanol–water partition coefficient (Wildman–Crippen LogP) is 8.82. The van der Waals surface area contributed by atoms with E-state index in [-0.39, 0.29) is 0 Å². The van der Waals surface area contributed by atoms with Crippen molar-refractivity contribution in [2.75, 3.05) is 0 Å². The Morgan fingerprint density at radius 1 is 0.375 bits per heavy atom. The highest BCUT2D eigenvalue weighted by molar-refractivity contribution is 6.11. The van der Waals surface area contributed by atoms with Gasteiger partial charge in [-0.3, -0.25) is 0 Å². The summed E-state index contributed by atoms with van der Waals surface area (Å²) in [7, 11) is 0. The van der Waals surface area contributed by atoms with Gasteiger partial charge in [0.25, 0.3) is 0 Å². The maximum Gasteiger partial charge on any atom is 0.143 e. The minimum atomic E-state index is 0.894. The van der Waals surface area contributed by atoms with Crippen LogP contribution in [0.3, 0.4) is 0 Å². The fraction of sp³-hybridized carbons (Fsp3) is 0. The molecule has 2 heterocycles. The van der Waals surface area contributed by atoms with Gasteiger partial charge in [0.2, 0.25) is 0 Å². The van der Waals surface area contributed by atoms with Crippen molar-refractivity contribution in [3.8, 4) is 22.3 Å². The third-order valence-corrected chi connectivity index (χ3v) is 6.29. The van der Waals surface area contributed by atoms with Gasteiger partial charge >= 0.3 is 0 Å². The van der Waals surface area contributed by atoms with Crippen molar-refractivity contribution in [1.82, 2.24) is 0 Å². The monoisotopic (exact) mass is 410 g/mol. The van der Waals surface area contributed by atoms with Gasteiger partial charge in [0.15, 0.2) is 0 Å². The van der Waals surface area contributed by atoms with Crippen LogP contribution in [0.15, 0.2) is 118 Å². The van der Waals surface area contributed by atoms with Crippen molar-refractivity contribution >= 4 is 43.9 Å². The summed E-state index contributed by atoms with van der Waals surface area (Å²) in [4.78, 5) is 0. The van der Waals surface area contributed by atoms with Gasteiger partial charge in [-0.2, -0.15) is 0 Å². The van der Waals surface area contributed by atoms with E-state index < -0.39 is 0 Å². The van der Waals surface area contributed by atoms with Crippen LogP contribution in [0.1, 0.15) is 0 Å². The van der Waals surface area contributed by atoms with Crippen molar-refractivity contribution < 1.29 is 8.83 Å². The van der Waals surface area contributed by atoms with Crippen LogP contribution in [0, 0.1) is 0 Å². The van der Waals surface area contributed by atoms with Gasteiger partial charge in [0.1, 0.15) is 22.3 Å². The largest absolute Gasteiger partial charge is 0.456 e. The third-order valence-electron chi connectivity index (χ3n) is 6.29. The number of para-hydroxylation sites is 2. The smallest absolute Gasteiger partial charge is 0.143 e. The first kappa shape index (κ1) is 17.4. The summed E-state index contributed by atoms with van der Waals surface area (Å²) in [5.41, 5.74) is 8.23. The number of rotatable bonds is 2. The Morgan fingerprint density at radius 2 is 1.03 bits per heavy atom. The average Bonchev–Trinajstić information content (AvgIpc) is 3.42. The molecule has 0 N–H and O–H groups in total. The standard InChI is InChI=1S/C30H18O2/c1-2-7-19(8-3-1)20-13-15-28-25(17-20)26-18-21(14-16-29(26)31-28)22-10-6-11-24-23-9-4-5-12-27(23)32-30(22)24/h1-18H. The number of hydrogen-bond acceptors (Lipinski definition) is 2. The van der Waals surface area contributed by atoms with Gasteiger partial charge in [-0.15, -0.1) is 0 Å². The molecule has 0 unspecified atom stereocenters. The highest BCUT2D eigenvalue weighted by Crippen LogP contribution is 2.39. The molecule has 0 aliphatic rings. The highest BCUT2D eigenvalue weighted by Gasteiger charge is 2.14. The lowest BCUT2D eigenvalue weighted by Gasteiger charge is -2.04. The van der Waals surface area contributed by atoms with Gasteiger partial charge in [-0.05, 0) is 47.0 Å². The Hall–Kier alpha value is -4.30. The molecule has 0 radical (unpaired) electrons. The second kappa shape index (κ2) is 6.60. The number of fused-ring (bicyclic) bond motifs is 6. The summed E-state index contributed by atoms with van der Waals surface area (Å²) < 4.78 is 12.4. The van der Waals surface area contributed by atoms with Crippen molar-refractivity contribution in [2.24, 2.45) is 0 Å². The Kier molecular flexibility index (Phi) is 3.58. The quantitative estimate of drug-likeness (QED) is 0.284. The number of furan rings is 2. The van der Waals surface area contributed by atoms with Crippen molar-refractivity contribution in [3.63, 3.8) is 0 Å². The fourth-order valence-electron chi connectivity index (χ4n) is 4.73. The molecule has 5 aromatic carbocycles. The highest BCUT2D eigenvalue weighted by atomic mass is 16.3. The van der Waals surface area contributed by atoms with E-state index in [1.54, 1.807) is 0 Å². The summed E-state index contributed by atoms with van der Waals surface area (Å²) in [6, 6.07) is 37.8. The Bertz CT molecular complexity index is 1770. The lowest BCUT2D eigenvalue weighted by molar-refractivity contribution is 0.668. The third kappa shape index (κ3) is 2.53. The van der Waals surface area contributed by atoms with E-state index in [0.29, 0.717) is 0 Å². The van der Waals surface area contributed by atoms with Gasteiger partial charge in [-0.25, -0.2) is 0 Å². The predicted molar refractivity (Wildman–Crippen MR) is 132 cm³/mol. The molecule has 0 spiro atoms. The molecule has 2 aromatic heterocycles. The number of hydrogen-bond donors (Lipinski definition) is 0. The summed E-state index contributed by atoms with van der Waals surface area (Å²) in [5.74, 6) is 0.